The third kappa shape index (κ3) is 2.84. The minimum Gasteiger partial charge on any atom is -0.298 e. The van der Waals surface area contributed by atoms with Gasteiger partial charge in [0.2, 0.25) is 5.82 Å². The number of carbonyl (C=O) groups is 1. The van der Waals surface area contributed by atoms with Gasteiger partial charge in [0.25, 0.3) is 0 Å². The lowest BCUT2D eigenvalue weighted by Gasteiger charge is -2.04. The van der Waals surface area contributed by atoms with Crippen LogP contribution in [0.4, 0.5) is 22.0 Å². The summed E-state index contributed by atoms with van der Waals surface area (Å²) >= 11 is 0. The number of hydrogen-bond acceptors (Lipinski definition) is 1. The minimum atomic E-state index is -2.20. The van der Waals surface area contributed by atoms with Crippen molar-refractivity contribution >= 4 is 18.4 Å². The van der Waals surface area contributed by atoms with E-state index in [-0.39, 0.29) is 0 Å². The molecule has 108 valence electrons. The number of hydrogen-bond donors (Lipinski definition) is 0. The van der Waals surface area contributed by atoms with E-state index in [1.807, 2.05) is 0 Å². The number of benzene rings is 2. The predicted molar refractivity (Wildman–Crippen MR) is 67.0 cm³/mol. The summed E-state index contributed by atoms with van der Waals surface area (Å²) in [6, 6.07) is 5.83. The van der Waals surface area contributed by atoms with Crippen molar-refractivity contribution in [2.24, 2.45) is 0 Å². The molecule has 2 aromatic rings. The second kappa shape index (κ2) is 5.87. The Morgan fingerprint density at radius 2 is 1.05 bits per heavy atom. The number of halogens is 5. The monoisotopic (exact) mass is 298 g/mol. The smallest absolute Gasteiger partial charge is 0.200 e. The number of rotatable bonds is 3. The maximum absolute atomic E-state index is 13.4. The first-order valence-electron chi connectivity index (χ1n) is 5.70. The molecule has 1 nitrogen and oxygen atoms in total. The highest BCUT2D eigenvalue weighted by Crippen LogP contribution is 2.24. The molecule has 0 saturated heterocycles. The van der Waals surface area contributed by atoms with Gasteiger partial charge in [-0.25, -0.2) is 22.0 Å². The van der Waals surface area contributed by atoms with Crippen LogP contribution in [0.2, 0.25) is 0 Å². The molecule has 0 atom stereocenters. The molecule has 2 aromatic carbocycles. The molecular formula is C15H7F5O. The maximum Gasteiger partial charge on any atom is 0.200 e. The highest BCUT2D eigenvalue weighted by atomic mass is 19.2. The van der Waals surface area contributed by atoms with E-state index in [1.54, 1.807) is 0 Å². The second-order valence-electron chi connectivity index (χ2n) is 4.10. The molecule has 2 rings (SSSR count). The van der Waals surface area contributed by atoms with E-state index >= 15 is 0 Å². The van der Waals surface area contributed by atoms with Crippen LogP contribution < -0.4 is 0 Å². The average molecular weight is 298 g/mol. The Kier molecular flexibility index (Phi) is 4.16. The van der Waals surface area contributed by atoms with Crippen LogP contribution in [-0.2, 0) is 0 Å². The van der Waals surface area contributed by atoms with Gasteiger partial charge in [-0.2, -0.15) is 0 Å². The zero-order valence-corrected chi connectivity index (χ0v) is 10.3. The summed E-state index contributed by atoms with van der Waals surface area (Å²) in [5.41, 5.74) is -0.196. The second-order valence-corrected chi connectivity index (χ2v) is 4.10. The largest absolute Gasteiger partial charge is 0.298 e. The minimum absolute atomic E-state index is 0.392. The molecule has 0 saturated carbocycles. The van der Waals surface area contributed by atoms with Crippen LogP contribution >= 0.6 is 0 Å². The standard InChI is InChI=1S/C15H7F5O/c16-11-10(12(17)14(19)15(20)13(11)18)6-5-8-1-3-9(7-21)4-2-8/h1-7H. The molecule has 0 unspecified atom stereocenters. The van der Waals surface area contributed by atoms with E-state index in [0.29, 0.717) is 17.4 Å². The molecule has 0 aliphatic heterocycles. The van der Waals surface area contributed by atoms with Crippen LogP contribution in [0.15, 0.2) is 24.3 Å². The van der Waals surface area contributed by atoms with Gasteiger partial charge in [-0.1, -0.05) is 30.3 Å². The van der Waals surface area contributed by atoms with Crippen LogP contribution in [0.3, 0.4) is 0 Å². The number of aldehydes is 1. The lowest BCUT2D eigenvalue weighted by atomic mass is 10.1. The summed E-state index contributed by atoms with van der Waals surface area (Å²) < 4.78 is 65.7. The molecule has 0 bridgehead atoms. The molecule has 0 amide bonds. The van der Waals surface area contributed by atoms with Crippen LogP contribution in [-0.4, -0.2) is 6.29 Å². The van der Waals surface area contributed by atoms with Gasteiger partial charge >= 0.3 is 0 Å². The van der Waals surface area contributed by atoms with Crippen LogP contribution in [0.1, 0.15) is 21.5 Å². The first kappa shape index (κ1) is 14.9. The van der Waals surface area contributed by atoms with Crippen molar-refractivity contribution < 1.29 is 26.7 Å². The van der Waals surface area contributed by atoms with E-state index in [1.165, 1.54) is 30.3 Å². The van der Waals surface area contributed by atoms with Crippen molar-refractivity contribution in [3.8, 4) is 0 Å². The summed E-state index contributed by atoms with van der Waals surface area (Å²) in [7, 11) is 0. The average Bonchev–Trinajstić information content (AvgIpc) is 2.51. The quantitative estimate of drug-likeness (QED) is 0.270. The fraction of sp³-hybridized carbons (Fsp3) is 0. The van der Waals surface area contributed by atoms with E-state index in [2.05, 4.69) is 0 Å². The van der Waals surface area contributed by atoms with Gasteiger partial charge in [0, 0.05) is 5.56 Å². The van der Waals surface area contributed by atoms with E-state index < -0.39 is 34.6 Å². The SMILES string of the molecule is O=Cc1ccc(C=Cc2c(F)c(F)c(F)c(F)c2F)cc1. The van der Waals surface area contributed by atoms with Crippen molar-refractivity contribution in [3.05, 3.63) is 70.0 Å². The number of carbonyl (C=O) groups excluding carboxylic acids is 1. The maximum atomic E-state index is 13.4. The van der Waals surface area contributed by atoms with Crippen LogP contribution in [0.25, 0.3) is 12.2 Å². The Labute approximate surface area is 116 Å². The van der Waals surface area contributed by atoms with Gasteiger partial charge in [-0.3, -0.25) is 4.79 Å². The van der Waals surface area contributed by atoms with Gasteiger partial charge in [-0.05, 0) is 11.6 Å². The highest BCUT2D eigenvalue weighted by Gasteiger charge is 2.24. The Bertz CT molecular complexity index is 691. The molecule has 21 heavy (non-hydrogen) atoms. The lowest BCUT2D eigenvalue weighted by Crippen LogP contribution is -2.03. The van der Waals surface area contributed by atoms with E-state index in [9.17, 15) is 26.7 Å². The van der Waals surface area contributed by atoms with Crippen molar-refractivity contribution in [2.75, 3.05) is 0 Å². The zero-order chi connectivity index (χ0) is 15.6. The van der Waals surface area contributed by atoms with Crippen molar-refractivity contribution in [2.45, 2.75) is 0 Å². The first-order chi connectivity index (χ1) is 9.95. The molecule has 0 radical (unpaired) electrons. The van der Waals surface area contributed by atoms with E-state index in [4.69, 9.17) is 0 Å². The zero-order valence-electron chi connectivity index (χ0n) is 10.3. The highest BCUT2D eigenvalue weighted by molar-refractivity contribution is 5.76. The first-order valence-corrected chi connectivity index (χ1v) is 5.70. The Morgan fingerprint density at radius 3 is 1.52 bits per heavy atom. The normalized spacial score (nSPS) is 11.1. The Morgan fingerprint density at radius 1 is 0.619 bits per heavy atom. The molecule has 0 spiro atoms. The lowest BCUT2D eigenvalue weighted by molar-refractivity contribution is 0.112. The van der Waals surface area contributed by atoms with Gasteiger partial charge in [0.05, 0.1) is 5.56 Å². The van der Waals surface area contributed by atoms with E-state index in [0.717, 1.165) is 6.08 Å². The molecule has 0 aliphatic rings. The van der Waals surface area contributed by atoms with Crippen molar-refractivity contribution in [1.82, 2.24) is 0 Å². The fourth-order valence-corrected chi connectivity index (χ4v) is 1.63. The summed E-state index contributed by atoms with van der Waals surface area (Å²) in [5.74, 6) is -9.98. The summed E-state index contributed by atoms with van der Waals surface area (Å²) in [4.78, 5) is 10.5. The fourth-order valence-electron chi connectivity index (χ4n) is 1.63. The van der Waals surface area contributed by atoms with Crippen LogP contribution in [0, 0.1) is 29.1 Å². The predicted octanol–water partition coefficient (Wildman–Crippen LogP) is 4.37. The third-order valence-electron chi connectivity index (χ3n) is 2.76. The molecular weight excluding hydrogens is 291 g/mol. The van der Waals surface area contributed by atoms with Crippen LogP contribution in [0.5, 0.6) is 0 Å². The Hall–Kier alpha value is -2.50. The van der Waals surface area contributed by atoms with Gasteiger partial charge in [0.1, 0.15) is 6.29 Å². The summed E-state index contributed by atoms with van der Waals surface area (Å²) in [5, 5.41) is 0. The van der Waals surface area contributed by atoms with Crippen molar-refractivity contribution in [3.63, 3.8) is 0 Å². The molecule has 0 heterocycles. The van der Waals surface area contributed by atoms with Crippen molar-refractivity contribution in [1.29, 1.82) is 0 Å². The van der Waals surface area contributed by atoms with Gasteiger partial charge in [0.15, 0.2) is 23.3 Å². The van der Waals surface area contributed by atoms with Gasteiger partial charge < -0.3 is 0 Å². The molecule has 0 aliphatic carbocycles. The Balaban J connectivity index is 2.43. The molecule has 0 aromatic heterocycles. The summed E-state index contributed by atoms with van der Waals surface area (Å²) in [6.07, 6.45) is 2.57. The topological polar surface area (TPSA) is 17.1 Å². The third-order valence-corrected chi connectivity index (χ3v) is 2.76. The van der Waals surface area contributed by atoms with Gasteiger partial charge in [-0.15, -0.1) is 0 Å². The molecule has 6 heteroatoms. The summed E-state index contributed by atoms with van der Waals surface area (Å²) in [6.45, 7) is 0. The molecule has 0 N–H and O–H groups in total. The molecule has 0 fully saturated rings.